The number of aryl methyl sites for hydroxylation is 1. The van der Waals surface area contributed by atoms with Crippen LogP contribution in [-0.4, -0.2) is 47.8 Å². The van der Waals surface area contributed by atoms with Crippen molar-refractivity contribution in [2.75, 3.05) is 19.5 Å². The number of carboxylic acid groups (broad SMARTS) is 1. The van der Waals surface area contributed by atoms with Gasteiger partial charge in [-0.05, 0) is 67.2 Å². The molecular formula is C27H25N5O5S. The highest BCUT2D eigenvalue weighted by Gasteiger charge is 2.24. The molecule has 0 bridgehead atoms. The van der Waals surface area contributed by atoms with Gasteiger partial charge in [-0.25, -0.2) is 5.43 Å². The highest BCUT2D eigenvalue weighted by Crippen LogP contribution is 2.23. The molecular weight excluding hydrogens is 506 g/mol. The van der Waals surface area contributed by atoms with Crippen LogP contribution in [0.5, 0.6) is 11.5 Å². The summed E-state index contributed by atoms with van der Waals surface area (Å²) < 4.78 is 12.4. The number of nitrogens with one attached hydrogen (secondary N) is 2. The number of aliphatic carboxylic acids is 1. The van der Waals surface area contributed by atoms with Crippen molar-refractivity contribution >= 4 is 29.9 Å². The van der Waals surface area contributed by atoms with Crippen molar-refractivity contribution in [2.45, 2.75) is 12.1 Å². The number of nitrogens with zero attached hydrogens (tertiary/aromatic N) is 3. The number of thioether (sulfide) groups is 1. The quantitative estimate of drug-likeness (QED) is 0.131. The van der Waals surface area contributed by atoms with Crippen LogP contribution in [0.2, 0.25) is 0 Å². The zero-order chi connectivity index (χ0) is 26.9. The summed E-state index contributed by atoms with van der Waals surface area (Å²) in [4.78, 5) is 23.2. The van der Waals surface area contributed by atoms with Crippen LogP contribution in [0.1, 0.15) is 11.1 Å². The highest BCUT2D eigenvalue weighted by atomic mass is 32.2. The lowest BCUT2D eigenvalue weighted by atomic mass is 10.2. The third kappa shape index (κ3) is 6.77. The van der Waals surface area contributed by atoms with Gasteiger partial charge >= 0.3 is 5.16 Å². The Morgan fingerprint density at radius 3 is 2.55 bits per heavy atom. The second-order valence-electron chi connectivity index (χ2n) is 8.03. The van der Waals surface area contributed by atoms with E-state index in [-0.39, 0.29) is 11.7 Å². The monoisotopic (exact) mass is 531 g/mol. The molecule has 0 unspecified atom stereocenters. The number of ether oxygens (including phenoxy) is 2. The number of hydrogen-bond donors (Lipinski definition) is 2. The number of methoxy groups -OCH3 is 1. The lowest BCUT2D eigenvalue weighted by Crippen LogP contribution is -2.34. The van der Waals surface area contributed by atoms with E-state index in [1.165, 1.54) is 18.0 Å². The lowest BCUT2D eigenvalue weighted by Gasteiger charge is -2.09. The number of hydrogen-bond acceptors (Lipinski definition) is 8. The van der Waals surface area contributed by atoms with Gasteiger partial charge in [0.05, 0.1) is 35.7 Å². The predicted octanol–water partition coefficient (Wildman–Crippen LogP) is 2.04. The maximum atomic E-state index is 12.5. The van der Waals surface area contributed by atoms with E-state index < -0.39 is 12.6 Å². The van der Waals surface area contributed by atoms with Gasteiger partial charge < -0.3 is 19.4 Å². The van der Waals surface area contributed by atoms with Gasteiger partial charge in [0.1, 0.15) is 23.8 Å². The predicted molar refractivity (Wildman–Crippen MR) is 140 cm³/mol. The Labute approximate surface area is 223 Å². The van der Waals surface area contributed by atoms with Crippen molar-refractivity contribution in [3.05, 3.63) is 83.9 Å². The molecule has 1 aromatic heterocycles. The third-order valence-electron chi connectivity index (χ3n) is 5.32. The van der Waals surface area contributed by atoms with Crippen molar-refractivity contribution < 1.29 is 28.7 Å². The fraction of sp³-hybridized carbons (Fsp3) is 0.148. The molecule has 0 radical (unpaired) electrons. The highest BCUT2D eigenvalue weighted by molar-refractivity contribution is 7.99. The Kier molecular flexibility index (Phi) is 8.73. The summed E-state index contributed by atoms with van der Waals surface area (Å²) in [7, 11) is 1.62. The van der Waals surface area contributed by atoms with Crippen molar-refractivity contribution in [1.29, 1.82) is 0 Å². The number of rotatable bonds is 11. The standard InChI is InChI=1S/C27H25N5O5S/c1-18-7-11-21(12-8-18)32-26(19-9-13-22(36-2)14-10-19)30-31-27(32)38-17-24(33)29-28-15-20-5-3-4-6-23(20)37-16-25(34)35/h3-15H,16-17H2,1-2H3,(H2,29,33,34,35)/b28-15+. The molecule has 4 aromatic rings. The van der Waals surface area contributed by atoms with E-state index in [1.54, 1.807) is 31.4 Å². The van der Waals surface area contributed by atoms with E-state index in [1.807, 2.05) is 60.0 Å². The summed E-state index contributed by atoms with van der Waals surface area (Å²) in [5.74, 6) is 0.188. The second-order valence-corrected chi connectivity index (χ2v) is 8.98. The molecule has 38 heavy (non-hydrogen) atoms. The Morgan fingerprint density at radius 1 is 1.11 bits per heavy atom. The van der Waals surface area contributed by atoms with Crippen molar-refractivity contribution in [3.63, 3.8) is 0 Å². The summed E-state index contributed by atoms with van der Waals surface area (Å²) in [6, 6.07) is 22.3. The molecule has 0 saturated carbocycles. The molecule has 0 aliphatic rings. The summed E-state index contributed by atoms with van der Waals surface area (Å²) in [5.41, 5.74) is 5.91. The number of carbonyl (C=O) groups is 2. The van der Waals surface area contributed by atoms with Gasteiger partial charge in [-0.1, -0.05) is 29.8 Å². The van der Waals surface area contributed by atoms with E-state index in [0.29, 0.717) is 16.5 Å². The number of amides is 1. The first-order valence-electron chi connectivity index (χ1n) is 11.5. The van der Waals surface area contributed by atoms with Gasteiger partial charge in [-0.3, -0.25) is 4.79 Å². The minimum atomic E-state index is -1.33. The smallest absolute Gasteiger partial charge is 0.342 e. The third-order valence-corrected chi connectivity index (χ3v) is 6.26. The first kappa shape index (κ1) is 26.4. The number of para-hydroxylation sites is 1. The zero-order valence-corrected chi connectivity index (χ0v) is 21.5. The van der Waals surface area contributed by atoms with Gasteiger partial charge in [0.15, 0.2) is 0 Å². The number of carboxylic acids is 1. The zero-order valence-electron chi connectivity index (χ0n) is 20.7. The molecule has 1 heterocycles. The number of benzene rings is 3. The summed E-state index contributed by atoms with van der Waals surface area (Å²) in [5, 5.41) is 22.8. The number of aromatic nitrogens is 3. The van der Waals surface area contributed by atoms with Crippen LogP contribution in [-0.2, 0) is 9.59 Å². The van der Waals surface area contributed by atoms with E-state index in [2.05, 4.69) is 20.7 Å². The van der Waals surface area contributed by atoms with Crippen LogP contribution in [0, 0.1) is 6.92 Å². The number of H-pyrrole nitrogens is 1. The number of hydrazone groups is 1. The normalized spacial score (nSPS) is 10.9. The van der Waals surface area contributed by atoms with E-state index in [0.717, 1.165) is 28.4 Å². The van der Waals surface area contributed by atoms with Crippen molar-refractivity contribution in [2.24, 2.45) is 5.10 Å². The largest absolute Gasteiger partial charge is 0.546 e. The Balaban J connectivity index is 1.47. The summed E-state index contributed by atoms with van der Waals surface area (Å²) in [6.45, 7) is 1.43. The fourth-order valence-electron chi connectivity index (χ4n) is 3.46. The second kappa shape index (κ2) is 12.5. The SMILES string of the molecule is COc1ccc(-c2[nH]nc(SCC(=O)N/N=C/c3ccccc3OCC(=O)[O-])[n+]2-c2ccc(C)cc2)cc1. The first-order chi connectivity index (χ1) is 18.4. The maximum Gasteiger partial charge on any atom is 0.342 e. The molecule has 0 saturated heterocycles. The number of carbonyl (C=O) groups excluding carboxylic acids is 2. The van der Waals surface area contributed by atoms with Gasteiger partial charge in [0, 0.05) is 5.56 Å². The van der Waals surface area contributed by atoms with Gasteiger partial charge in [0.25, 0.3) is 11.7 Å². The molecule has 11 heteroatoms. The minimum absolute atomic E-state index is 0.0545. The molecule has 0 aliphatic heterocycles. The van der Waals surface area contributed by atoms with Gasteiger partial charge in [-0.15, -0.1) is 5.10 Å². The minimum Gasteiger partial charge on any atom is -0.546 e. The van der Waals surface area contributed by atoms with Crippen LogP contribution < -0.4 is 24.6 Å². The topological polar surface area (TPSA) is 133 Å². The van der Waals surface area contributed by atoms with E-state index >= 15 is 0 Å². The molecule has 0 aliphatic carbocycles. The molecule has 1 amide bonds. The number of aromatic amines is 1. The Hall–Kier alpha value is -4.64. The molecule has 10 nitrogen and oxygen atoms in total. The van der Waals surface area contributed by atoms with Crippen molar-refractivity contribution in [3.8, 4) is 28.6 Å². The molecule has 0 spiro atoms. The van der Waals surface area contributed by atoms with Crippen LogP contribution >= 0.6 is 11.8 Å². The molecule has 0 atom stereocenters. The first-order valence-corrected chi connectivity index (χ1v) is 12.5. The van der Waals surface area contributed by atoms with Crippen LogP contribution in [0.25, 0.3) is 17.1 Å². The maximum absolute atomic E-state index is 12.5. The Morgan fingerprint density at radius 2 is 1.84 bits per heavy atom. The van der Waals surface area contributed by atoms with Gasteiger partial charge in [0.2, 0.25) is 0 Å². The molecule has 0 fully saturated rings. The lowest BCUT2D eigenvalue weighted by molar-refractivity contribution is -0.625. The van der Waals surface area contributed by atoms with Crippen LogP contribution in [0.3, 0.4) is 0 Å². The molecule has 2 N–H and O–H groups in total. The van der Waals surface area contributed by atoms with E-state index in [9.17, 15) is 14.7 Å². The summed E-state index contributed by atoms with van der Waals surface area (Å²) in [6.07, 6.45) is 1.38. The summed E-state index contributed by atoms with van der Waals surface area (Å²) >= 11 is 1.25. The van der Waals surface area contributed by atoms with Crippen LogP contribution in [0.15, 0.2) is 83.1 Å². The van der Waals surface area contributed by atoms with Gasteiger partial charge in [-0.2, -0.15) is 9.67 Å². The fourth-order valence-corrected chi connectivity index (χ4v) is 4.22. The van der Waals surface area contributed by atoms with Crippen LogP contribution in [0.4, 0.5) is 0 Å². The average molecular weight is 532 g/mol. The Bertz CT molecular complexity index is 1440. The average Bonchev–Trinajstić information content (AvgIpc) is 3.35. The van der Waals surface area contributed by atoms with Crippen molar-refractivity contribution in [1.82, 2.24) is 15.6 Å². The molecule has 3 aromatic carbocycles. The molecule has 4 rings (SSSR count). The van der Waals surface area contributed by atoms with E-state index in [4.69, 9.17) is 9.47 Å². The molecule has 194 valence electrons.